The monoisotopic (exact) mass is 361 g/mol. The van der Waals surface area contributed by atoms with Gasteiger partial charge in [0.2, 0.25) is 0 Å². The number of carbonyl (C=O) groups excluding carboxylic acids is 1. The van der Waals surface area contributed by atoms with Gasteiger partial charge in [-0.25, -0.2) is 13.2 Å². The summed E-state index contributed by atoms with van der Waals surface area (Å²) in [7, 11) is -3.23. The number of hydrogen-bond donors (Lipinski definition) is 2. The van der Waals surface area contributed by atoms with Crippen LogP contribution in [0.25, 0.3) is 0 Å². The molecule has 2 rings (SSSR count). The average Bonchev–Trinajstić information content (AvgIpc) is 2.50. The normalized spacial score (nSPS) is 12.5. The van der Waals surface area contributed by atoms with Gasteiger partial charge < -0.3 is 10.6 Å². The second-order valence-corrected chi connectivity index (χ2v) is 8.22. The quantitative estimate of drug-likeness (QED) is 0.874. The molecule has 0 aliphatic rings. The molecule has 1 atom stereocenters. The summed E-state index contributed by atoms with van der Waals surface area (Å²) in [6.45, 7) is 7.52. The van der Waals surface area contributed by atoms with Gasteiger partial charge >= 0.3 is 6.03 Å². The van der Waals surface area contributed by atoms with Crippen LogP contribution < -0.4 is 10.6 Å². The van der Waals surface area contributed by atoms with E-state index < -0.39 is 9.84 Å². The van der Waals surface area contributed by atoms with Crippen LogP contribution in [0.1, 0.15) is 35.5 Å². The number of benzene rings is 1. The number of sulfone groups is 1. The molecule has 1 heterocycles. The van der Waals surface area contributed by atoms with Crippen LogP contribution in [-0.4, -0.2) is 25.7 Å². The van der Waals surface area contributed by atoms with Gasteiger partial charge in [0.05, 0.1) is 22.3 Å². The zero-order chi connectivity index (χ0) is 18.8. The number of pyridine rings is 1. The van der Waals surface area contributed by atoms with Gasteiger partial charge in [-0.05, 0) is 57.0 Å². The lowest BCUT2D eigenvalue weighted by molar-refractivity contribution is 0.249. The molecular formula is C18H23N3O3S. The fourth-order valence-corrected chi connectivity index (χ4v) is 3.28. The van der Waals surface area contributed by atoms with E-state index in [0.29, 0.717) is 5.69 Å². The SMILES string of the molecule is Cc1cc(C)c(NC(=O)N[C@H](C)c2ccc(S(C)(=O)=O)cc2)c(C)n1. The molecule has 134 valence electrons. The summed E-state index contributed by atoms with van der Waals surface area (Å²) in [5, 5.41) is 5.68. The molecule has 2 aromatic rings. The molecule has 0 saturated carbocycles. The van der Waals surface area contributed by atoms with E-state index in [1.165, 1.54) is 0 Å². The van der Waals surface area contributed by atoms with Crippen molar-refractivity contribution in [2.24, 2.45) is 0 Å². The van der Waals surface area contributed by atoms with E-state index >= 15 is 0 Å². The van der Waals surface area contributed by atoms with Gasteiger partial charge in [-0.2, -0.15) is 0 Å². The first kappa shape index (κ1) is 18.9. The predicted octanol–water partition coefficient (Wildman–Crippen LogP) is 3.29. The van der Waals surface area contributed by atoms with Crippen LogP contribution in [0, 0.1) is 20.8 Å². The molecule has 0 bridgehead atoms. The Kier molecular flexibility index (Phi) is 5.47. The van der Waals surface area contributed by atoms with Gasteiger partial charge in [0.1, 0.15) is 0 Å². The second-order valence-electron chi connectivity index (χ2n) is 6.20. The fourth-order valence-electron chi connectivity index (χ4n) is 2.65. The van der Waals surface area contributed by atoms with E-state index in [-0.39, 0.29) is 17.0 Å². The Labute approximate surface area is 148 Å². The van der Waals surface area contributed by atoms with Crippen molar-refractivity contribution in [3.8, 4) is 0 Å². The summed E-state index contributed by atoms with van der Waals surface area (Å²) in [6.07, 6.45) is 1.16. The van der Waals surface area contributed by atoms with Gasteiger partial charge in [0.15, 0.2) is 9.84 Å². The lowest BCUT2D eigenvalue weighted by atomic mass is 10.1. The Morgan fingerprint density at radius 3 is 2.24 bits per heavy atom. The Morgan fingerprint density at radius 1 is 1.12 bits per heavy atom. The number of hydrogen-bond acceptors (Lipinski definition) is 4. The molecule has 7 heteroatoms. The Balaban J connectivity index is 2.08. The topological polar surface area (TPSA) is 88.2 Å². The largest absolute Gasteiger partial charge is 0.331 e. The lowest BCUT2D eigenvalue weighted by Crippen LogP contribution is -2.31. The van der Waals surface area contributed by atoms with E-state index in [0.717, 1.165) is 28.8 Å². The summed E-state index contributed by atoms with van der Waals surface area (Å²) in [4.78, 5) is 16.9. The molecule has 0 spiro atoms. The summed E-state index contributed by atoms with van der Waals surface area (Å²) < 4.78 is 23.0. The van der Waals surface area contributed by atoms with Crippen LogP contribution in [0.5, 0.6) is 0 Å². The minimum absolute atomic E-state index is 0.255. The first-order chi connectivity index (χ1) is 11.6. The summed E-state index contributed by atoms with van der Waals surface area (Å²) in [5.74, 6) is 0. The predicted molar refractivity (Wildman–Crippen MR) is 98.6 cm³/mol. The van der Waals surface area contributed by atoms with Crippen LogP contribution >= 0.6 is 0 Å². The highest BCUT2D eigenvalue weighted by atomic mass is 32.2. The van der Waals surface area contributed by atoms with Crippen molar-refractivity contribution < 1.29 is 13.2 Å². The molecule has 1 aromatic carbocycles. The highest BCUT2D eigenvalue weighted by Gasteiger charge is 2.14. The number of aromatic nitrogens is 1. The van der Waals surface area contributed by atoms with Crippen molar-refractivity contribution in [3.05, 3.63) is 52.8 Å². The number of amides is 2. The van der Waals surface area contributed by atoms with Crippen molar-refractivity contribution >= 4 is 21.6 Å². The number of nitrogens with zero attached hydrogens (tertiary/aromatic N) is 1. The van der Waals surface area contributed by atoms with Crippen LogP contribution in [0.15, 0.2) is 35.2 Å². The van der Waals surface area contributed by atoms with Crippen molar-refractivity contribution in [1.29, 1.82) is 0 Å². The Hall–Kier alpha value is -2.41. The highest BCUT2D eigenvalue weighted by Crippen LogP contribution is 2.20. The molecule has 2 N–H and O–H groups in total. The smallest absolute Gasteiger partial charge is 0.319 e. The first-order valence-corrected chi connectivity index (χ1v) is 9.79. The Morgan fingerprint density at radius 2 is 1.72 bits per heavy atom. The number of anilines is 1. The summed E-state index contributed by atoms with van der Waals surface area (Å²) in [5.41, 5.74) is 4.13. The molecule has 0 aliphatic heterocycles. The van der Waals surface area contributed by atoms with Crippen molar-refractivity contribution in [2.45, 2.75) is 38.6 Å². The molecule has 2 amide bonds. The third kappa shape index (κ3) is 4.79. The lowest BCUT2D eigenvalue weighted by Gasteiger charge is -2.17. The molecule has 6 nitrogen and oxygen atoms in total. The van der Waals surface area contributed by atoms with Crippen molar-refractivity contribution in [1.82, 2.24) is 10.3 Å². The van der Waals surface area contributed by atoms with Crippen molar-refractivity contribution in [2.75, 3.05) is 11.6 Å². The van der Waals surface area contributed by atoms with Crippen LogP contribution in [0.2, 0.25) is 0 Å². The van der Waals surface area contributed by atoms with Crippen LogP contribution in [-0.2, 0) is 9.84 Å². The minimum atomic E-state index is -3.23. The van der Waals surface area contributed by atoms with E-state index in [9.17, 15) is 13.2 Å². The summed E-state index contributed by atoms with van der Waals surface area (Å²) >= 11 is 0. The zero-order valence-electron chi connectivity index (χ0n) is 15.0. The molecule has 0 aliphatic carbocycles. The zero-order valence-corrected chi connectivity index (χ0v) is 15.9. The molecule has 0 radical (unpaired) electrons. The van der Waals surface area contributed by atoms with Crippen LogP contribution in [0.3, 0.4) is 0 Å². The molecule has 25 heavy (non-hydrogen) atoms. The van der Waals surface area contributed by atoms with E-state index in [4.69, 9.17) is 0 Å². The molecule has 1 aromatic heterocycles. The van der Waals surface area contributed by atoms with Gasteiger partial charge in [0, 0.05) is 11.9 Å². The fraction of sp³-hybridized carbons (Fsp3) is 0.333. The van der Waals surface area contributed by atoms with E-state index in [1.54, 1.807) is 24.3 Å². The summed E-state index contributed by atoms with van der Waals surface area (Å²) in [6, 6.07) is 7.79. The third-order valence-electron chi connectivity index (χ3n) is 3.92. The maximum Gasteiger partial charge on any atom is 0.319 e. The Bertz CT molecular complexity index is 867. The minimum Gasteiger partial charge on any atom is -0.331 e. The van der Waals surface area contributed by atoms with Crippen molar-refractivity contribution in [3.63, 3.8) is 0 Å². The molecule has 0 unspecified atom stereocenters. The molecule has 0 saturated heterocycles. The number of rotatable bonds is 4. The maximum atomic E-state index is 12.3. The van der Waals surface area contributed by atoms with Gasteiger partial charge in [-0.1, -0.05) is 12.1 Å². The molecule has 0 fully saturated rings. The van der Waals surface area contributed by atoms with Gasteiger partial charge in [-0.3, -0.25) is 4.98 Å². The van der Waals surface area contributed by atoms with E-state index in [1.807, 2.05) is 33.8 Å². The van der Waals surface area contributed by atoms with Crippen LogP contribution in [0.4, 0.5) is 10.5 Å². The number of aryl methyl sites for hydroxylation is 3. The number of carbonyl (C=O) groups is 1. The highest BCUT2D eigenvalue weighted by molar-refractivity contribution is 7.90. The average molecular weight is 361 g/mol. The number of urea groups is 1. The standard InChI is InChI=1S/C18H23N3O3S/c1-11-10-12(2)19-14(4)17(11)21-18(22)20-13(3)15-6-8-16(9-7-15)25(5,23)24/h6-10,13H,1-5H3,(H2,20,21,22)/t13-/m1/s1. The number of nitrogens with one attached hydrogen (secondary N) is 2. The molecular weight excluding hydrogens is 338 g/mol. The van der Waals surface area contributed by atoms with Gasteiger partial charge in [0.25, 0.3) is 0 Å². The first-order valence-electron chi connectivity index (χ1n) is 7.90. The second kappa shape index (κ2) is 7.23. The third-order valence-corrected chi connectivity index (χ3v) is 5.05. The van der Waals surface area contributed by atoms with E-state index in [2.05, 4.69) is 15.6 Å². The van der Waals surface area contributed by atoms with Gasteiger partial charge in [-0.15, -0.1) is 0 Å². The maximum absolute atomic E-state index is 12.3.